The number of aromatic amines is 1. The summed E-state index contributed by atoms with van der Waals surface area (Å²) in [6.07, 6.45) is 1.73. The maximum atomic E-state index is 4.74. The van der Waals surface area contributed by atoms with Crippen molar-refractivity contribution in [1.82, 2.24) is 20.2 Å². The van der Waals surface area contributed by atoms with Gasteiger partial charge < -0.3 is 4.90 Å². The molecule has 0 aliphatic heterocycles. The molecule has 0 saturated heterocycles. The summed E-state index contributed by atoms with van der Waals surface area (Å²) < 4.78 is 1.05. The van der Waals surface area contributed by atoms with Crippen molar-refractivity contribution >= 4 is 69.5 Å². The first-order chi connectivity index (χ1) is 12.0. The summed E-state index contributed by atoms with van der Waals surface area (Å²) in [6, 6.07) is 10.3. The molecule has 0 spiro atoms. The standard InChI is InChI=1S/C19H22BrN5.ClH.Na/c1-5-25(18-7-6-14(12(2)3)11-15(18)20)19-22-13(4)10-17(23-19)16-8-9-21-24-16;;/h6-12H,5H2,1-4H3,(H,21,24);1H;. The molecule has 0 aliphatic rings. The van der Waals surface area contributed by atoms with E-state index >= 15 is 0 Å². The van der Waals surface area contributed by atoms with E-state index in [4.69, 9.17) is 4.98 Å². The van der Waals surface area contributed by atoms with E-state index in [1.165, 1.54) is 5.56 Å². The Labute approximate surface area is 197 Å². The number of hydrogen-bond acceptors (Lipinski definition) is 4. The third-order valence-electron chi connectivity index (χ3n) is 4.11. The van der Waals surface area contributed by atoms with E-state index in [0.29, 0.717) is 11.9 Å². The van der Waals surface area contributed by atoms with Gasteiger partial charge in [0.2, 0.25) is 5.95 Å². The van der Waals surface area contributed by atoms with E-state index in [1.807, 2.05) is 19.1 Å². The molecule has 2 heterocycles. The molecule has 3 rings (SSSR count). The molecule has 0 unspecified atom stereocenters. The van der Waals surface area contributed by atoms with Crippen LogP contribution in [0, 0.1) is 6.92 Å². The van der Waals surface area contributed by atoms with Gasteiger partial charge in [-0.3, -0.25) is 5.10 Å². The van der Waals surface area contributed by atoms with E-state index in [2.05, 4.69) is 75.0 Å². The first-order valence-corrected chi connectivity index (χ1v) is 9.21. The van der Waals surface area contributed by atoms with Crippen LogP contribution in [0.1, 0.15) is 37.9 Å². The Balaban J connectivity index is 0.00000182. The molecule has 27 heavy (non-hydrogen) atoms. The van der Waals surface area contributed by atoms with Crippen LogP contribution in [-0.2, 0) is 0 Å². The van der Waals surface area contributed by atoms with Gasteiger partial charge in [-0.2, -0.15) is 5.10 Å². The van der Waals surface area contributed by atoms with Crippen LogP contribution < -0.4 is 4.90 Å². The third-order valence-corrected chi connectivity index (χ3v) is 4.74. The Kier molecular flexibility index (Phi) is 9.45. The molecule has 8 heteroatoms. The van der Waals surface area contributed by atoms with Crippen LogP contribution in [0.25, 0.3) is 11.4 Å². The Morgan fingerprint density at radius 2 is 1.89 bits per heavy atom. The number of rotatable bonds is 5. The molecule has 5 nitrogen and oxygen atoms in total. The molecule has 0 amide bonds. The van der Waals surface area contributed by atoms with Gasteiger partial charge in [-0.05, 0) is 65.5 Å². The number of nitrogens with one attached hydrogen (secondary N) is 1. The van der Waals surface area contributed by atoms with Crippen molar-refractivity contribution in [3.8, 4) is 11.4 Å². The molecule has 1 N–H and O–H groups in total. The molecule has 2 aromatic heterocycles. The van der Waals surface area contributed by atoms with E-state index < -0.39 is 0 Å². The molecule has 3 aromatic rings. The first kappa shape index (κ1) is 24.1. The van der Waals surface area contributed by atoms with Crippen molar-refractivity contribution in [3.63, 3.8) is 0 Å². The van der Waals surface area contributed by atoms with Gasteiger partial charge in [-0.15, -0.1) is 12.4 Å². The van der Waals surface area contributed by atoms with Crippen molar-refractivity contribution in [2.75, 3.05) is 11.4 Å². The van der Waals surface area contributed by atoms with Crippen LogP contribution in [0.5, 0.6) is 0 Å². The van der Waals surface area contributed by atoms with Gasteiger partial charge in [0.15, 0.2) is 0 Å². The predicted octanol–water partition coefficient (Wildman–Crippen LogP) is 5.26. The second-order valence-electron chi connectivity index (χ2n) is 6.27. The zero-order valence-electron chi connectivity index (χ0n) is 16.3. The molecule has 0 aliphatic carbocycles. The van der Waals surface area contributed by atoms with E-state index in [-0.39, 0.29) is 42.0 Å². The van der Waals surface area contributed by atoms with Gasteiger partial charge in [-0.25, -0.2) is 9.97 Å². The molecule has 0 bridgehead atoms. The molecule has 139 valence electrons. The Hall–Kier alpha value is -0.920. The van der Waals surface area contributed by atoms with E-state index in [9.17, 15) is 0 Å². The summed E-state index contributed by atoms with van der Waals surface area (Å²) in [5, 5.41) is 6.98. The number of benzene rings is 1. The number of hydrogen-bond donors (Lipinski definition) is 1. The number of anilines is 2. The van der Waals surface area contributed by atoms with Gasteiger partial charge in [-0.1, -0.05) is 19.9 Å². The summed E-state index contributed by atoms with van der Waals surface area (Å²) in [6.45, 7) is 9.24. The van der Waals surface area contributed by atoms with Gasteiger partial charge in [0, 0.05) is 52.5 Å². The monoisotopic (exact) mass is 458 g/mol. The molecular formula is C19H23BrClN5Na. The van der Waals surface area contributed by atoms with Crippen LogP contribution in [0.15, 0.2) is 41.0 Å². The smallest absolute Gasteiger partial charge is 0.230 e. The van der Waals surface area contributed by atoms with E-state index in [0.717, 1.165) is 33.8 Å². The van der Waals surface area contributed by atoms with Gasteiger partial charge in [0.25, 0.3) is 0 Å². The molecule has 0 atom stereocenters. The SMILES string of the molecule is CCN(c1nc(C)cc(-c2ccn[nH]2)n1)c1ccc(C(C)C)cc1Br.Cl.[Na]. The average molecular weight is 460 g/mol. The van der Waals surface area contributed by atoms with E-state index in [1.54, 1.807) is 6.20 Å². The number of nitrogens with zero attached hydrogens (tertiary/aromatic N) is 4. The van der Waals surface area contributed by atoms with Gasteiger partial charge in [0.05, 0.1) is 17.1 Å². The zero-order valence-corrected chi connectivity index (χ0v) is 20.7. The Morgan fingerprint density at radius 1 is 1.15 bits per heavy atom. The van der Waals surface area contributed by atoms with Crippen molar-refractivity contribution in [2.24, 2.45) is 0 Å². The minimum absolute atomic E-state index is 0. The fourth-order valence-electron chi connectivity index (χ4n) is 2.73. The second-order valence-corrected chi connectivity index (χ2v) is 7.13. The van der Waals surface area contributed by atoms with Crippen molar-refractivity contribution in [2.45, 2.75) is 33.6 Å². The molecule has 1 radical (unpaired) electrons. The number of halogens is 2. The maximum absolute atomic E-state index is 4.74. The fraction of sp³-hybridized carbons (Fsp3) is 0.316. The van der Waals surface area contributed by atoms with Gasteiger partial charge in [0.1, 0.15) is 0 Å². The third kappa shape index (κ3) is 5.55. The van der Waals surface area contributed by atoms with Crippen molar-refractivity contribution in [3.05, 3.63) is 52.3 Å². The zero-order chi connectivity index (χ0) is 18.0. The minimum Gasteiger partial charge on any atom is -0.310 e. The molecule has 0 saturated carbocycles. The number of aryl methyl sites for hydroxylation is 1. The second kappa shape index (κ2) is 10.6. The molecular weight excluding hydrogens is 437 g/mol. The predicted molar refractivity (Wildman–Crippen MR) is 118 cm³/mol. The Bertz CT molecular complexity index is 871. The van der Waals surface area contributed by atoms with Crippen molar-refractivity contribution in [1.29, 1.82) is 0 Å². The van der Waals surface area contributed by atoms with Crippen LogP contribution in [0.4, 0.5) is 11.6 Å². The summed E-state index contributed by atoms with van der Waals surface area (Å²) in [4.78, 5) is 11.5. The quantitative estimate of drug-likeness (QED) is 0.529. The normalized spacial score (nSPS) is 10.3. The summed E-state index contributed by atoms with van der Waals surface area (Å²) in [5.74, 6) is 1.17. The van der Waals surface area contributed by atoms with Gasteiger partial charge >= 0.3 is 0 Å². The van der Waals surface area contributed by atoms with Crippen LogP contribution in [0.3, 0.4) is 0 Å². The fourth-order valence-corrected chi connectivity index (χ4v) is 3.34. The maximum Gasteiger partial charge on any atom is 0.230 e. The number of H-pyrrole nitrogens is 1. The molecule has 1 aromatic carbocycles. The topological polar surface area (TPSA) is 57.7 Å². The van der Waals surface area contributed by atoms with Crippen molar-refractivity contribution < 1.29 is 0 Å². The average Bonchev–Trinajstić information content (AvgIpc) is 3.11. The van der Waals surface area contributed by atoms with Crippen LogP contribution in [-0.4, -0.2) is 56.3 Å². The summed E-state index contributed by atoms with van der Waals surface area (Å²) in [5.41, 5.74) is 5.01. The number of aromatic nitrogens is 4. The largest absolute Gasteiger partial charge is 0.310 e. The summed E-state index contributed by atoms with van der Waals surface area (Å²) >= 11 is 3.72. The first-order valence-electron chi connectivity index (χ1n) is 8.42. The Morgan fingerprint density at radius 3 is 2.44 bits per heavy atom. The molecule has 0 fully saturated rings. The van der Waals surface area contributed by atoms with Crippen LogP contribution in [0.2, 0.25) is 0 Å². The minimum atomic E-state index is 0. The summed E-state index contributed by atoms with van der Waals surface area (Å²) in [7, 11) is 0. The van der Waals surface area contributed by atoms with Crippen LogP contribution >= 0.6 is 28.3 Å².